The Morgan fingerprint density at radius 1 is 1.16 bits per heavy atom. The topological polar surface area (TPSA) is 33.7 Å². The number of benzene rings is 1. The Morgan fingerprint density at radius 3 is 2.32 bits per heavy atom. The number of hydrogen-bond donors (Lipinski definition) is 1. The molecule has 1 N–H and O–H groups in total. The first kappa shape index (κ1) is 22.2. The van der Waals surface area contributed by atoms with E-state index < -0.39 is 6.36 Å². The van der Waals surface area contributed by atoms with Crippen molar-refractivity contribution in [1.29, 1.82) is 0 Å². The van der Waals surface area contributed by atoms with Crippen LogP contribution in [0.15, 0.2) is 18.2 Å². The van der Waals surface area contributed by atoms with Crippen LogP contribution in [0.3, 0.4) is 0 Å². The summed E-state index contributed by atoms with van der Waals surface area (Å²) in [7, 11) is 1.48. The molecule has 0 aromatic heterocycles. The van der Waals surface area contributed by atoms with Crippen LogP contribution in [0, 0.1) is 5.92 Å². The van der Waals surface area contributed by atoms with Crippen LogP contribution in [0.5, 0.6) is 11.5 Å². The van der Waals surface area contributed by atoms with Gasteiger partial charge in [0.25, 0.3) is 0 Å². The number of piperazine rings is 1. The number of rotatable bonds is 5. The van der Waals surface area contributed by atoms with Crippen molar-refractivity contribution < 1.29 is 22.6 Å². The Labute approximate surface area is 157 Å². The lowest BCUT2D eigenvalue weighted by Gasteiger charge is -2.36. The van der Waals surface area contributed by atoms with Crippen molar-refractivity contribution in [3.8, 4) is 11.5 Å². The molecule has 9 heteroatoms. The number of hydrogen-bond acceptors (Lipinski definition) is 4. The maximum Gasteiger partial charge on any atom is 0.573 e. The van der Waals surface area contributed by atoms with Crippen LogP contribution >= 0.6 is 24.8 Å². The van der Waals surface area contributed by atoms with Crippen LogP contribution < -0.4 is 14.8 Å². The van der Waals surface area contributed by atoms with Crippen LogP contribution in [-0.2, 0) is 0 Å². The molecule has 2 aliphatic rings. The molecule has 1 aromatic rings. The Bertz CT molecular complexity index is 551. The molecular weight excluding hydrogens is 380 g/mol. The molecule has 1 aromatic carbocycles. The van der Waals surface area contributed by atoms with Gasteiger partial charge in [-0.15, -0.1) is 38.0 Å². The molecular formula is C16H23Cl2F3N2O2. The highest BCUT2D eigenvalue weighted by Crippen LogP contribution is 2.47. The molecule has 1 saturated heterocycles. The highest BCUT2D eigenvalue weighted by Gasteiger charge is 2.38. The fourth-order valence-corrected chi connectivity index (χ4v) is 3.25. The fraction of sp³-hybridized carbons (Fsp3) is 0.625. The van der Waals surface area contributed by atoms with E-state index in [0.29, 0.717) is 11.7 Å². The molecule has 4 nitrogen and oxygen atoms in total. The van der Waals surface area contributed by atoms with E-state index in [0.717, 1.165) is 44.6 Å². The second-order valence-corrected chi connectivity index (χ2v) is 6.02. The van der Waals surface area contributed by atoms with E-state index in [1.807, 2.05) is 0 Å². The summed E-state index contributed by atoms with van der Waals surface area (Å²) < 4.78 is 46.5. The smallest absolute Gasteiger partial charge is 0.496 e. The van der Waals surface area contributed by atoms with E-state index in [4.69, 9.17) is 4.74 Å². The maximum atomic E-state index is 12.4. The molecule has 3 rings (SSSR count). The largest absolute Gasteiger partial charge is 0.573 e. The lowest BCUT2D eigenvalue weighted by Crippen LogP contribution is -2.45. The van der Waals surface area contributed by atoms with Crippen molar-refractivity contribution in [3.63, 3.8) is 0 Å². The van der Waals surface area contributed by atoms with Gasteiger partial charge in [-0.25, -0.2) is 0 Å². The van der Waals surface area contributed by atoms with E-state index in [-0.39, 0.29) is 36.6 Å². The van der Waals surface area contributed by atoms with Crippen LogP contribution in [0.2, 0.25) is 0 Å². The Kier molecular flexibility index (Phi) is 8.12. The van der Waals surface area contributed by atoms with Gasteiger partial charge < -0.3 is 14.8 Å². The first-order valence-electron chi connectivity index (χ1n) is 7.86. The van der Waals surface area contributed by atoms with Gasteiger partial charge in [0.2, 0.25) is 0 Å². The van der Waals surface area contributed by atoms with Gasteiger partial charge in [0, 0.05) is 43.9 Å². The molecule has 0 radical (unpaired) electrons. The van der Waals surface area contributed by atoms with E-state index in [1.54, 1.807) is 6.07 Å². The summed E-state index contributed by atoms with van der Waals surface area (Å²) in [6.45, 7) is 3.73. The zero-order valence-corrected chi connectivity index (χ0v) is 15.5. The molecule has 2 fully saturated rings. The molecule has 1 atom stereocenters. The first-order chi connectivity index (χ1) is 11.0. The molecule has 1 heterocycles. The Morgan fingerprint density at radius 2 is 1.80 bits per heavy atom. The summed E-state index contributed by atoms with van der Waals surface area (Å²) in [6, 6.07) is 4.63. The number of methoxy groups -OCH3 is 1. The first-order valence-corrected chi connectivity index (χ1v) is 7.86. The summed E-state index contributed by atoms with van der Waals surface area (Å²) in [5, 5.41) is 3.33. The molecule has 0 amide bonds. The van der Waals surface area contributed by atoms with Crippen molar-refractivity contribution in [2.75, 3.05) is 33.3 Å². The number of halogens is 5. The summed E-state index contributed by atoms with van der Waals surface area (Å²) >= 11 is 0. The Balaban J connectivity index is 0.00000156. The minimum absolute atomic E-state index is 0. The second kappa shape index (κ2) is 9.16. The SMILES string of the molecule is COc1cc(OC(F)(F)F)ccc1[C@H](C1CC1)N1CCNCC1.Cl.Cl. The summed E-state index contributed by atoms with van der Waals surface area (Å²) in [5.74, 6) is 0.770. The van der Waals surface area contributed by atoms with E-state index in [9.17, 15) is 13.2 Å². The third-order valence-electron chi connectivity index (χ3n) is 4.37. The van der Waals surface area contributed by atoms with E-state index in [2.05, 4.69) is 15.0 Å². The lowest BCUT2D eigenvalue weighted by molar-refractivity contribution is -0.274. The van der Waals surface area contributed by atoms with Gasteiger partial charge in [0.15, 0.2) is 0 Å². The van der Waals surface area contributed by atoms with Crippen molar-refractivity contribution in [1.82, 2.24) is 10.2 Å². The minimum Gasteiger partial charge on any atom is -0.496 e. The van der Waals surface area contributed by atoms with E-state index >= 15 is 0 Å². The highest BCUT2D eigenvalue weighted by atomic mass is 35.5. The minimum atomic E-state index is -4.69. The van der Waals surface area contributed by atoms with Gasteiger partial charge >= 0.3 is 6.36 Å². The number of ether oxygens (including phenoxy) is 2. The van der Waals surface area contributed by atoms with Crippen LogP contribution in [-0.4, -0.2) is 44.6 Å². The van der Waals surface area contributed by atoms with Crippen LogP contribution in [0.4, 0.5) is 13.2 Å². The molecule has 1 aliphatic heterocycles. The standard InChI is InChI=1S/C16H21F3N2O2.2ClH/c1-22-14-10-12(23-16(17,18)19)4-5-13(14)15(11-2-3-11)21-8-6-20-7-9-21;;/h4-5,10-11,15,20H,2-3,6-9H2,1H3;2*1H/t15-;;/m0../s1. The number of alkyl halides is 3. The normalized spacial score (nSPS) is 19.4. The summed E-state index contributed by atoms with van der Waals surface area (Å²) in [5.41, 5.74) is 0.950. The average molecular weight is 403 g/mol. The average Bonchev–Trinajstić information content (AvgIpc) is 3.33. The summed E-state index contributed by atoms with van der Waals surface area (Å²) in [4.78, 5) is 2.40. The predicted octanol–water partition coefficient (Wildman–Crippen LogP) is 3.79. The van der Waals surface area contributed by atoms with Gasteiger partial charge in [0.1, 0.15) is 11.5 Å². The molecule has 1 saturated carbocycles. The third-order valence-corrected chi connectivity index (χ3v) is 4.37. The summed E-state index contributed by atoms with van der Waals surface area (Å²) in [6.07, 6.45) is -2.39. The highest BCUT2D eigenvalue weighted by molar-refractivity contribution is 5.85. The van der Waals surface area contributed by atoms with Crippen LogP contribution in [0.1, 0.15) is 24.4 Å². The maximum absolute atomic E-state index is 12.4. The third kappa shape index (κ3) is 5.81. The van der Waals surface area contributed by atoms with Crippen molar-refractivity contribution >= 4 is 24.8 Å². The van der Waals surface area contributed by atoms with Gasteiger partial charge in [-0.1, -0.05) is 6.07 Å². The number of nitrogens with zero attached hydrogens (tertiary/aromatic N) is 1. The van der Waals surface area contributed by atoms with Crippen molar-refractivity contribution in [2.45, 2.75) is 25.2 Å². The molecule has 0 unspecified atom stereocenters. The van der Waals surface area contributed by atoms with E-state index in [1.165, 1.54) is 19.2 Å². The van der Waals surface area contributed by atoms with Gasteiger partial charge in [-0.3, -0.25) is 4.90 Å². The van der Waals surface area contributed by atoms with Gasteiger partial charge in [-0.2, -0.15) is 0 Å². The zero-order valence-electron chi connectivity index (χ0n) is 13.8. The van der Waals surface area contributed by atoms with Crippen molar-refractivity contribution in [2.24, 2.45) is 5.92 Å². The number of nitrogens with one attached hydrogen (secondary N) is 1. The predicted molar refractivity (Wildman–Crippen MR) is 94.1 cm³/mol. The van der Waals surface area contributed by atoms with Crippen LogP contribution in [0.25, 0.3) is 0 Å². The molecule has 1 aliphatic carbocycles. The quantitative estimate of drug-likeness (QED) is 0.811. The molecule has 0 spiro atoms. The monoisotopic (exact) mass is 402 g/mol. The van der Waals surface area contributed by atoms with Gasteiger partial charge in [-0.05, 0) is 24.8 Å². The lowest BCUT2D eigenvalue weighted by atomic mass is 9.98. The fourth-order valence-electron chi connectivity index (χ4n) is 3.25. The molecule has 25 heavy (non-hydrogen) atoms. The second-order valence-electron chi connectivity index (χ2n) is 6.02. The van der Waals surface area contributed by atoms with Gasteiger partial charge in [0.05, 0.1) is 7.11 Å². The molecule has 0 bridgehead atoms. The van der Waals surface area contributed by atoms with Crippen molar-refractivity contribution in [3.05, 3.63) is 23.8 Å². The Hall–Kier alpha value is -0.890. The molecule has 144 valence electrons. The zero-order chi connectivity index (χ0) is 16.4.